The second-order valence-corrected chi connectivity index (χ2v) is 20.1. The molecule has 0 unspecified atom stereocenters. The maximum atomic E-state index is 13.8. The van der Waals surface area contributed by atoms with E-state index in [1.165, 1.54) is 26.9 Å². The Morgan fingerprint density at radius 1 is 0.636 bits per heavy atom. The summed E-state index contributed by atoms with van der Waals surface area (Å²) in [5.41, 5.74) is 2.76. The summed E-state index contributed by atoms with van der Waals surface area (Å²) in [4.78, 5) is 14.1. The number of rotatable bonds is 18. The quantitative estimate of drug-likeness (QED) is 0.0921. The van der Waals surface area contributed by atoms with Gasteiger partial charge in [-0.25, -0.2) is 21.6 Å². The summed E-state index contributed by atoms with van der Waals surface area (Å²) in [5, 5.41) is 10.7. The van der Waals surface area contributed by atoms with Crippen molar-refractivity contribution in [1.29, 1.82) is 0 Å². The number of amides is 1. The molecular weight excluding hydrogens is 887 g/mol. The number of hydrogen-bond acceptors (Lipinski definition) is 12. The SMILES string of the molecule is COc1ccc(CN(Cc2ccc(OC)cc2)S(=O)(=O)c2ccn(C[C@@H]3CCN3C(=O)OC(C)(C)C)n2)cc1.COc1ccc(CN(Cc2ccc(OC)cc2)S(=O)(=O)c2ccn[nH]2)cc1. The van der Waals surface area contributed by atoms with Gasteiger partial charge in [0.15, 0.2) is 10.1 Å². The summed E-state index contributed by atoms with van der Waals surface area (Å²) in [6.45, 7) is 7.21. The molecule has 0 saturated carbocycles. The standard InChI is InChI=1S/C28H36N4O6S.C19H21N3O4S/c1-28(2,3)38-27(33)32-17-14-23(32)20-30-16-15-26(29-30)39(34,35)31(18-21-6-10-24(36-4)11-7-21)19-22-8-12-25(37-5)13-9-22;1-25-17-7-3-15(4-8-17)13-22(27(23,24)19-11-12-20-21-19)14-16-5-9-18(26-2)10-6-16/h6-13,15-16,23H,14,17-20H2,1-5H3;3-12H,13-14H2,1-2H3,(H,20,21)/t23-;/m0./s1. The Hall–Kier alpha value is -6.41. The zero-order valence-corrected chi connectivity index (χ0v) is 39.8. The van der Waals surface area contributed by atoms with Crippen molar-refractivity contribution in [3.8, 4) is 23.0 Å². The van der Waals surface area contributed by atoms with E-state index in [1.54, 1.807) is 68.5 Å². The molecule has 66 heavy (non-hydrogen) atoms. The van der Waals surface area contributed by atoms with Crippen molar-refractivity contribution in [2.24, 2.45) is 0 Å². The van der Waals surface area contributed by atoms with E-state index < -0.39 is 25.6 Å². The minimum atomic E-state index is -3.95. The number of nitrogens with zero attached hydrogens (tertiary/aromatic N) is 6. The van der Waals surface area contributed by atoms with Crippen LogP contribution in [0.15, 0.2) is 132 Å². The number of carbonyl (C=O) groups excluding carboxylic acids is 1. The molecule has 1 aliphatic rings. The van der Waals surface area contributed by atoms with Gasteiger partial charge in [-0.05, 0) is 110 Å². The average molecular weight is 944 g/mol. The van der Waals surface area contributed by atoms with E-state index in [2.05, 4.69) is 15.3 Å². The number of aromatic amines is 1. The third-order valence-electron chi connectivity index (χ3n) is 10.6. The second-order valence-electron chi connectivity index (χ2n) is 16.4. The fourth-order valence-electron chi connectivity index (χ4n) is 6.84. The molecule has 352 valence electrons. The summed E-state index contributed by atoms with van der Waals surface area (Å²) in [7, 11) is -1.33. The number of methoxy groups -OCH3 is 4. The molecule has 1 aliphatic heterocycles. The number of benzene rings is 4. The molecule has 4 aromatic carbocycles. The van der Waals surface area contributed by atoms with E-state index in [0.29, 0.717) is 24.6 Å². The summed E-state index contributed by atoms with van der Waals surface area (Å²) < 4.78 is 84.4. The minimum Gasteiger partial charge on any atom is -0.497 e. The summed E-state index contributed by atoms with van der Waals surface area (Å²) in [6, 6.07) is 32.1. The summed E-state index contributed by atoms with van der Waals surface area (Å²) in [6.07, 6.45) is 3.48. The van der Waals surface area contributed by atoms with Gasteiger partial charge in [0.25, 0.3) is 20.0 Å². The van der Waals surface area contributed by atoms with E-state index >= 15 is 0 Å². The monoisotopic (exact) mass is 943 g/mol. The molecule has 7 rings (SSSR count). The highest BCUT2D eigenvalue weighted by Gasteiger charge is 2.36. The van der Waals surface area contributed by atoms with E-state index in [4.69, 9.17) is 23.7 Å². The minimum absolute atomic E-state index is 0.0485. The molecule has 0 spiro atoms. The lowest BCUT2D eigenvalue weighted by atomic mass is 10.0. The van der Waals surface area contributed by atoms with Crippen LogP contribution in [0.4, 0.5) is 4.79 Å². The van der Waals surface area contributed by atoms with Gasteiger partial charge in [0, 0.05) is 38.9 Å². The van der Waals surface area contributed by atoms with Crippen molar-refractivity contribution in [3.63, 3.8) is 0 Å². The van der Waals surface area contributed by atoms with Crippen LogP contribution in [0.2, 0.25) is 0 Å². The Morgan fingerprint density at radius 2 is 1.05 bits per heavy atom. The Morgan fingerprint density at radius 3 is 1.38 bits per heavy atom. The summed E-state index contributed by atoms with van der Waals surface area (Å²) >= 11 is 0. The van der Waals surface area contributed by atoms with Gasteiger partial charge in [0.2, 0.25) is 0 Å². The number of nitrogens with one attached hydrogen (secondary N) is 1. The van der Waals surface area contributed by atoms with Gasteiger partial charge < -0.3 is 28.6 Å². The van der Waals surface area contributed by atoms with Gasteiger partial charge in [-0.1, -0.05) is 48.5 Å². The van der Waals surface area contributed by atoms with Gasteiger partial charge in [0.1, 0.15) is 28.6 Å². The highest BCUT2D eigenvalue weighted by atomic mass is 32.2. The molecule has 1 atom stereocenters. The van der Waals surface area contributed by atoms with Crippen LogP contribution < -0.4 is 18.9 Å². The zero-order valence-electron chi connectivity index (χ0n) is 38.2. The zero-order chi connectivity index (χ0) is 47.5. The second kappa shape index (κ2) is 21.7. The van der Waals surface area contributed by atoms with Crippen molar-refractivity contribution < 1.29 is 45.3 Å². The van der Waals surface area contributed by atoms with Gasteiger partial charge in [0.05, 0.1) is 47.2 Å². The van der Waals surface area contributed by atoms with Crippen LogP contribution in [0, 0.1) is 0 Å². The van der Waals surface area contributed by atoms with Gasteiger partial charge in [-0.15, -0.1) is 0 Å². The number of sulfonamides is 2. The smallest absolute Gasteiger partial charge is 0.410 e. The van der Waals surface area contributed by atoms with E-state index in [9.17, 15) is 21.6 Å². The van der Waals surface area contributed by atoms with Crippen LogP contribution in [0.1, 0.15) is 49.4 Å². The predicted octanol–water partition coefficient (Wildman–Crippen LogP) is 7.12. The van der Waals surface area contributed by atoms with Crippen LogP contribution in [0.3, 0.4) is 0 Å². The molecule has 1 saturated heterocycles. The Bertz CT molecular complexity index is 2590. The molecule has 1 N–H and O–H groups in total. The molecule has 17 nitrogen and oxygen atoms in total. The van der Waals surface area contributed by atoms with Gasteiger partial charge in [-0.2, -0.15) is 18.8 Å². The largest absolute Gasteiger partial charge is 0.497 e. The van der Waals surface area contributed by atoms with Crippen LogP contribution in [0.5, 0.6) is 23.0 Å². The van der Waals surface area contributed by atoms with Crippen LogP contribution in [-0.2, 0) is 57.5 Å². The molecule has 3 heterocycles. The molecule has 0 radical (unpaired) electrons. The van der Waals surface area contributed by atoms with Crippen molar-refractivity contribution in [3.05, 3.63) is 144 Å². The number of carbonyl (C=O) groups is 1. The maximum Gasteiger partial charge on any atom is 0.410 e. The Balaban J connectivity index is 0.000000233. The topological polar surface area (TPSA) is 188 Å². The highest BCUT2D eigenvalue weighted by molar-refractivity contribution is 7.89. The lowest BCUT2D eigenvalue weighted by Crippen LogP contribution is -2.54. The van der Waals surface area contributed by atoms with Crippen LogP contribution >= 0.6 is 0 Å². The number of likely N-dealkylation sites (tertiary alicyclic amines) is 1. The number of hydrogen-bond donors (Lipinski definition) is 1. The first-order valence-corrected chi connectivity index (χ1v) is 23.9. The number of aromatic nitrogens is 4. The maximum absolute atomic E-state index is 13.8. The van der Waals surface area contributed by atoms with Crippen LogP contribution in [0.25, 0.3) is 0 Å². The average Bonchev–Trinajstić information content (AvgIpc) is 4.03. The van der Waals surface area contributed by atoms with E-state index in [-0.39, 0.29) is 48.4 Å². The first-order valence-electron chi connectivity index (χ1n) is 21.1. The Kier molecular flexibility index (Phi) is 16.1. The van der Waals surface area contributed by atoms with Crippen molar-refractivity contribution in [1.82, 2.24) is 33.5 Å². The van der Waals surface area contributed by atoms with Gasteiger partial charge in [-0.3, -0.25) is 9.78 Å². The van der Waals surface area contributed by atoms with Crippen LogP contribution in [-0.4, -0.2) is 103 Å². The van der Waals surface area contributed by atoms with E-state index in [1.807, 2.05) is 93.6 Å². The molecule has 2 aromatic heterocycles. The van der Waals surface area contributed by atoms with E-state index in [0.717, 1.165) is 40.2 Å². The third kappa shape index (κ3) is 12.9. The normalized spacial score (nSPS) is 14.0. The molecule has 1 fully saturated rings. The summed E-state index contributed by atoms with van der Waals surface area (Å²) in [5.74, 6) is 2.82. The van der Waals surface area contributed by atoms with Crippen molar-refractivity contribution in [2.45, 2.75) is 81.6 Å². The molecule has 0 bridgehead atoms. The first-order chi connectivity index (χ1) is 31.5. The van der Waals surface area contributed by atoms with Crippen molar-refractivity contribution in [2.75, 3.05) is 35.0 Å². The highest BCUT2D eigenvalue weighted by Crippen LogP contribution is 2.26. The van der Waals surface area contributed by atoms with Gasteiger partial charge >= 0.3 is 6.09 Å². The predicted molar refractivity (Wildman–Crippen MR) is 247 cm³/mol. The molecule has 6 aromatic rings. The lowest BCUT2D eigenvalue weighted by Gasteiger charge is -2.41. The molecule has 0 aliphatic carbocycles. The number of ether oxygens (including phenoxy) is 5. The fourth-order valence-corrected chi connectivity index (χ4v) is 9.50. The molecule has 1 amide bonds. The lowest BCUT2D eigenvalue weighted by molar-refractivity contribution is -0.00892. The third-order valence-corrected chi connectivity index (χ3v) is 14.0. The molecule has 19 heteroatoms. The number of H-pyrrole nitrogens is 1. The first kappa shape index (κ1) is 49.0. The van der Waals surface area contributed by atoms with Crippen molar-refractivity contribution >= 4 is 26.1 Å². The Labute approximate surface area is 386 Å². The fraction of sp³-hybridized carbons (Fsp3) is 0.340. The molecular formula is C47H57N7O10S2.